The van der Waals surface area contributed by atoms with Crippen LogP contribution in [0, 0.1) is 29.0 Å². The van der Waals surface area contributed by atoms with Crippen LogP contribution in [-0.2, 0) is 4.79 Å². The molecule has 1 aromatic rings. The number of halogens is 1. The maximum atomic E-state index is 13.4. The van der Waals surface area contributed by atoms with Crippen LogP contribution in [0.1, 0.15) is 24.8 Å². The number of nitrogens with one attached hydrogen (secondary N) is 1. The molecule has 1 aliphatic carbocycles. The highest BCUT2D eigenvalue weighted by Crippen LogP contribution is 2.32. The fourth-order valence-electron chi connectivity index (χ4n) is 2.63. The third-order valence-electron chi connectivity index (χ3n) is 3.68. The monoisotopic (exact) mass is 261 g/mol. The molecule has 0 radical (unpaired) electrons. The molecule has 0 aliphatic heterocycles. The summed E-state index contributed by atoms with van der Waals surface area (Å²) in [6.45, 7) is 0.479. The summed E-state index contributed by atoms with van der Waals surface area (Å²) in [5.74, 6) is -0.754. The summed E-state index contributed by atoms with van der Waals surface area (Å²) in [5.41, 5.74) is 5.75. The van der Waals surface area contributed by atoms with Crippen molar-refractivity contribution in [2.75, 3.05) is 11.9 Å². The summed E-state index contributed by atoms with van der Waals surface area (Å²) >= 11 is 0. The van der Waals surface area contributed by atoms with Crippen molar-refractivity contribution in [3.8, 4) is 6.07 Å². The van der Waals surface area contributed by atoms with Crippen LogP contribution in [0.2, 0.25) is 0 Å². The van der Waals surface area contributed by atoms with Gasteiger partial charge in [0.15, 0.2) is 0 Å². The highest BCUT2D eigenvalue weighted by molar-refractivity contribution is 5.94. The molecule has 0 heterocycles. The number of carbonyl (C=O) groups is 1. The van der Waals surface area contributed by atoms with Crippen molar-refractivity contribution in [2.45, 2.75) is 19.3 Å². The van der Waals surface area contributed by atoms with Crippen LogP contribution in [0.5, 0.6) is 0 Å². The Labute approximate surface area is 111 Å². The number of hydrogen-bond acceptors (Lipinski definition) is 3. The Bertz CT molecular complexity index is 524. The van der Waals surface area contributed by atoms with Crippen LogP contribution < -0.4 is 11.1 Å². The zero-order valence-corrected chi connectivity index (χ0v) is 10.5. The van der Waals surface area contributed by atoms with E-state index in [1.165, 1.54) is 18.2 Å². The second-order valence-electron chi connectivity index (χ2n) is 4.80. The van der Waals surface area contributed by atoms with Crippen molar-refractivity contribution in [1.29, 1.82) is 5.26 Å². The predicted molar refractivity (Wildman–Crippen MR) is 69.6 cm³/mol. The normalized spacial score (nSPS) is 21.9. The largest absolute Gasteiger partial charge is 0.330 e. The fraction of sp³-hybridized carbons (Fsp3) is 0.429. The Kier molecular flexibility index (Phi) is 4.13. The van der Waals surface area contributed by atoms with E-state index in [-0.39, 0.29) is 29.0 Å². The second kappa shape index (κ2) is 5.81. The lowest BCUT2D eigenvalue weighted by Crippen LogP contribution is -2.30. The van der Waals surface area contributed by atoms with Gasteiger partial charge in [-0.1, -0.05) is 12.5 Å². The van der Waals surface area contributed by atoms with E-state index in [4.69, 9.17) is 11.0 Å². The number of anilines is 1. The van der Waals surface area contributed by atoms with Crippen molar-refractivity contribution in [1.82, 2.24) is 0 Å². The summed E-state index contributed by atoms with van der Waals surface area (Å²) in [4.78, 5) is 12.2. The molecule has 2 atom stereocenters. The van der Waals surface area contributed by atoms with Crippen LogP contribution in [-0.4, -0.2) is 12.5 Å². The molecule has 0 saturated heterocycles. The number of nitrogens with zero attached hydrogens (tertiary/aromatic N) is 1. The molecular formula is C14H16FN3O. The summed E-state index contributed by atoms with van der Waals surface area (Å²) in [7, 11) is 0. The molecule has 19 heavy (non-hydrogen) atoms. The van der Waals surface area contributed by atoms with Crippen LogP contribution in [0.4, 0.5) is 10.1 Å². The first-order chi connectivity index (χ1) is 9.17. The maximum Gasteiger partial charge on any atom is 0.227 e. The lowest BCUT2D eigenvalue weighted by molar-refractivity contribution is -0.120. The Morgan fingerprint density at radius 1 is 1.53 bits per heavy atom. The second-order valence-corrected chi connectivity index (χ2v) is 4.80. The van der Waals surface area contributed by atoms with Gasteiger partial charge in [-0.05, 0) is 37.4 Å². The molecule has 0 aromatic heterocycles. The zero-order chi connectivity index (χ0) is 13.8. The van der Waals surface area contributed by atoms with Crippen molar-refractivity contribution in [3.05, 3.63) is 29.6 Å². The quantitative estimate of drug-likeness (QED) is 0.873. The van der Waals surface area contributed by atoms with E-state index in [9.17, 15) is 9.18 Å². The highest BCUT2D eigenvalue weighted by Gasteiger charge is 2.32. The molecule has 4 nitrogen and oxygen atoms in total. The van der Waals surface area contributed by atoms with Gasteiger partial charge >= 0.3 is 0 Å². The van der Waals surface area contributed by atoms with Crippen LogP contribution in [0.3, 0.4) is 0 Å². The Morgan fingerprint density at radius 2 is 2.32 bits per heavy atom. The Morgan fingerprint density at radius 3 is 3.00 bits per heavy atom. The Balaban J connectivity index is 2.16. The van der Waals surface area contributed by atoms with Gasteiger partial charge in [0.05, 0.1) is 5.69 Å². The molecule has 1 fully saturated rings. The molecule has 5 heteroatoms. The van der Waals surface area contributed by atoms with Crippen LogP contribution >= 0.6 is 0 Å². The van der Waals surface area contributed by atoms with Gasteiger partial charge in [-0.15, -0.1) is 0 Å². The van der Waals surface area contributed by atoms with Crippen molar-refractivity contribution >= 4 is 11.6 Å². The molecule has 3 N–H and O–H groups in total. The average molecular weight is 261 g/mol. The number of hydrogen-bond donors (Lipinski definition) is 2. The average Bonchev–Trinajstić information content (AvgIpc) is 2.87. The van der Waals surface area contributed by atoms with E-state index in [2.05, 4.69) is 5.32 Å². The van der Waals surface area contributed by atoms with Gasteiger partial charge in [0.1, 0.15) is 17.4 Å². The molecule has 1 aliphatic rings. The van der Waals surface area contributed by atoms with Gasteiger partial charge in [0.2, 0.25) is 5.91 Å². The van der Waals surface area contributed by atoms with E-state index < -0.39 is 5.82 Å². The van der Waals surface area contributed by atoms with E-state index >= 15 is 0 Å². The molecular weight excluding hydrogens is 245 g/mol. The number of amides is 1. The summed E-state index contributed by atoms with van der Waals surface area (Å²) in [6, 6.07) is 5.98. The molecule has 0 spiro atoms. The van der Waals surface area contributed by atoms with Gasteiger partial charge in [0, 0.05) is 5.92 Å². The summed E-state index contributed by atoms with van der Waals surface area (Å²) < 4.78 is 13.4. The van der Waals surface area contributed by atoms with E-state index in [0.29, 0.717) is 6.54 Å². The van der Waals surface area contributed by atoms with Gasteiger partial charge < -0.3 is 11.1 Å². The minimum absolute atomic E-state index is 0.127. The lowest BCUT2D eigenvalue weighted by Gasteiger charge is -2.17. The van der Waals surface area contributed by atoms with Crippen molar-refractivity contribution < 1.29 is 9.18 Å². The van der Waals surface area contributed by atoms with Gasteiger partial charge in [0.25, 0.3) is 0 Å². The number of nitrogens with two attached hydrogens (primary N) is 1. The van der Waals surface area contributed by atoms with E-state index in [0.717, 1.165) is 19.3 Å². The molecule has 2 rings (SSSR count). The summed E-state index contributed by atoms with van der Waals surface area (Å²) in [5, 5.41) is 11.6. The van der Waals surface area contributed by atoms with Crippen LogP contribution in [0.15, 0.2) is 18.2 Å². The standard InChI is InChI=1S/C14H16FN3O/c15-12-5-2-6-13(11(12)8-17)18-14(19)10-4-1-3-9(10)7-16/h2,5-6,9-10H,1,3-4,7,16H2,(H,18,19). The molecule has 0 bridgehead atoms. The Hall–Kier alpha value is -1.93. The van der Waals surface area contributed by atoms with E-state index in [1.54, 1.807) is 6.07 Å². The fourth-order valence-corrected chi connectivity index (χ4v) is 2.63. The topological polar surface area (TPSA) is 78.9 Å². The smallest absolute Gasteiger partial charge is 0.227 e. The number of carbonyl (C=O) groups excluding carboxylic acids is 1. The predicted octanol–water partition coefficient (Wildman–Crippen LogP) is 2.01. The third kappa shape index (κ3) is 2.74. The number of nitriles is 1. The van der Waals surface area contributed by atoms with Gasteiger partial charge in [-0.3, -0.25) is 4.79 Å². The van der Waals surface area contributed by atoms with E-state index in [1.807, 2.05) is 0 Å². The third-order valence-corrected chi connectivity index (χ3v) is 3.68. The van der Waals surface area contributed by atoms with Crippen molar-refractivity contribution in [3.63, 3.8) is 0 Å². The molecule has 100 valence electrons. The first-order valence-electron chi connectivity index (χ1n) is 6.37. The van der Waals surface area contributed by atoms with Gasteiger partial charge in [-0.2, -0.15) is 5.26 Å². The molecule has 1 saturated carbocycles. The number of rotatable bonds is 3. The first kappa shape index (κ1) is 13.5. The minimum Gasteiger partial charge on any atom is -0.330 e. The number of benzene rings is 1. The van der Waals surface area contributed by atoms with Gasteiger partial charge in [-0.25, -0.2) is 4.39 Å². The zero-order valence-electron chi connectivity index (χ0n) is 10.5. The minimum atomic E-state index is -0.623. The lowest BCUT2D eigenvalue weighted by atomic mass is 9.95. The highest BCUT2D eigenvalue weighted by atomic mass is 19.1. The first-order valence-corrected chi connectivity index (χ1v) is 6.37. The molecule has 1 aromatic carbocycles. The van der Waals surface area contributed by atoms with Crippen molar-refractivity contribution in [2.24, 2.45) is 17.6 Å². The molecule has 2 unspecified atom stereocenters. The maximum absolute atomic E-state index is 13.4. The SMILES string of the molecule is N#Cc1c(F)cccc1NC(=O)C1CCCC1CN. The van der Waals surface area contributed by atoms with Crippen LogP contribution in [0.25, 0.3) is 0 Å². The molecule has 1 amide bonds. The summed E-state index contributed by atoms with van der Waals surface area (Å²) in [6.07, 6.45) is 2.72.